The van der Waals surface area contributed by atoms with Gasteiger partial charge in [-0.2, -0.15) is 0 Å². The lowest BCUT2D eigenvalue weighted by Gasteiger charge is -2.39. The normalized spacial score (nSPS) is 19.8. The molecule has 1 heterocycles. The third-order valence-electron chi connectivity index (χ3n) is 4.06. The van der Waals surface area contributed by atoms with Crippen molar-refractivity contribution in [1.29, 1.82) is 0 Å². The number of pyridine rings is 1. The average molecular weight is 268 g/mol. The molecule has 0 aromatic carbocycles. The average Bonchev–Trinajstić information content (AvgIpc) is 2.31. The Bertz CT molecular complexity index is 421. The minimum Gasteiger partial charge on any atom is -0.396 e. The summed E-state index contributed by atoms with van der Waals surface area (Å²) in [5, 5.41) is 0.502. The van der Waals surface area contributed by atoms with E-state index in [1.54, 1.807) is 6.07 Å². The maximum atomic E-state index is 5.99. The summed E-state index contributed by atoms with van der Waals surface area (Å²) in [5.74, 6) is 0.812. The Hall–Kier alpha value is -0.960. The van der Waals surface area contributed by atoms with E-state index in [-0.39, 0.29) is 0 Å². The van der Waals surface area contributed by atoms with Crippen LogP contribution in [0.4, 0.5) is 11.5 Å². The first-order valence-electron chi connectivity index (χ1n) is 6.54. The van der Waals surface area contributed by atoms with E-state index in [4.69, 9.17) is 17.3 Å². The van der Waals surface area contributed by atoms with Gasteiger partial charge in [-0.3, -0.25) is 0 Å². The first-order valence-corrected chi connectivity index (χ1v) is 6.92. The highest BCUT2D eigenvalue weighted by Gasteiger charge is 2.29. The van der Waals surface area contributed by atoms with Gasteiger partial charge in [0.05, 0.1) is 5.69 Å². The van der Waals surface area contributed by atoms with E-state index >= 15 is 0 Å². The van der Waals surface area contributed by atoms with Crippen molar-refractivity contribution >= 4 is 23.1 Å². The van der Waals surface area contributed by atoms with Crippen LogP contribution in [0.5, 0.6) is 0 Å². The standard InChI is InChI=1S/C14H22ClN3/c1-14(2)8-6-10(7-9-14)18(3)13-11(16)4-5-12(15)17-13/h4-5,10H,6-9,16H2,1-3H3. The van der Waals surface area contributed by atoms with Crippen molar-refractivity contribution in [2.45, 2.75) is 45.6 Å². The Balaban J connectivity index is 2.12. The lowest BCUT2D eigenvalue weighted by atomic mass is 9.75. The lowest BCUT2D eigenvalue weighted by Crippen LogP contribution is -2.38. The van der Waals surface area contributed by atoms with E-state index in [2.05, 4.69) is 30.8 Å². The van der Waals surface area contributed by atoms with Crippen LogP contribution in [0, 0.1) is 5.41 Å². The molecule has 1 aliphatic rings. The second kappa shape index (κ2) is 4.96. The second-order valence-electron chi connectivity index (χ2n) is 6.05. The Morgan fingerprint density at radius 3 is 2.56 bits per heavy atom. The van der Waals surface area contributed by atoms with Crippen LogP contribution in [-0.4, -0.2) is 18.1 Å². The van der Waals surface area contributed by atoms with E-state index < -0.39 is 0 Å². The van der Waals surface area contributed by atoms with Crippen molar-refractivity contribution in [1.82, 2.24) is 4.98 Å². The van der Waals surface area contributed by atoms with Crippen molar-refractivity contribution in [2.75, 3.05) is 17.7 Å². The van der Waals surface area contributed by atoms with Crippen LogP contribution >= 0.6 is 11.6 Å². The van der Waals surface area contributed by atoms with Gasteiger partial charge in [-0.1, -0.05) is 25.4 Å². The number of anilines is 2. The molecule has 0 spiro atoms. The van der Waals surface area contributed by atoms with Gasteiger partial charge < -0.3 is 10.6 Å². The van der Waals surface area contributed by atoms with E-state index in [1.165, 1.54) is 25.7 Å². The molecule has 1 aromatic heterocycles. The van der Waals surface area contributed by atoms with Gasteiger partial charge in [0.25, 0.3) is 0 Å². The molecule has 0 aliphatic heterocycles. The maximum absolute atomic E-state index is 5.99. The van der Waals surface area contributed by atoms with Crippen LogP contribution < -0.4 is 10.6 Å². The Morgan fingerprint density at radius 2 is 1.94 bits per heavy atom. The van der Waals surface area contributed by atoms with Gasteiger partial charge in [0.15, 0.2) is 5.82 Å². The van der Waals surface area contributed by atoms with E-state index in [0.717, 1.165) is 5.82 Å². The van der Waals surface area contributed by atoms with E-state index in [1.807, 2.05) is 6.07 Å². The van der Waals surface area contributed by atoms with Gasteiger partial charge in [0, 0.05) is 13.1 Å². The van der Waals surface area contributed by atoms with Crippen molar-refractivity contribution in [3.05, 3.63) is 17.3 Å². The van der Waals surface area contributed by atoms with Gasteiger partial charge in [-0.05, 0) is 43.2 Å². The highest BCUT2D eigenvalue weighted by molar-refractivity contribution is 6.29. The fourth-order valence-corrected chi connectivity index (χ4v) is 2.81. The molecule has 4 heteroatoms. The molecule has 0 radical (unpaired) electrons. The number of nitrogen functional groups attached to an aromatic ring is 1. The molecule has 0 amide bonds. The molecule has 2 N–H and O–H groups in total. The summed E-state index contributed by atoms with van der Waals surface area (Å²) in [6.45, 7) is 4.68. The molecule has 3 nitrogen and oxygen atoms in total. The van der Waals surface area contributed by atoms with Crippen LogP contribution in [0.25, 0.3) is 0 Å². The van der Waals surface area contributed by atoms with Crippen LogP contribution in [0.2, 0.25) is 5.15 Å². The topological polar surface area (TPSA) is 42.2 Å². The van der Waals surface area contributed by atoms with Crippen molar-refractivity contribution in [3.8, 4) is 0 Å². The van der Waals surface area contributed by atoms with Crippen LogP contribution in [0.1, 0.15) is 39.5 Å². The predicted octanol–water partition coefficient (Wildman–Crippen LogP) is 3.72. The highest BCUT2D eigenvalue weighted by atomic mass is 35.5. The Morgan fingerprint density at radius 1 is 1.33 bits per heavy atom. The zero-order valence-electron chi connectivity index (χ0n) is 11.4. The number of halogens is 1. The zero-order valence-corrected chi connectivity index (χ0v) is 12.2. The smallest absolute Gasteiger partial charge is 0.153 e. The molecule has 100 valence electrons. The lowest BCUT2D eigenvalue weighted by molar-refractivity contribution is 0.222. The summed E-state index contributed by atoms with van der Waals surface area (Å²) >= 11 is 5.95. The molecule has 2 rings (SSSR count). The van der Waals surface area contributed by atoms with Gasteiger partial charge in [-0.25, -0.2) is 4.98 Å². The monoisotopic (exact) mass is 267 g/mol. The minimum atomic E-state index is 0.477. The Kier molecular flexibility index (Phi) is 3.71. The summed E-state index contributed by atoms with van der Waals surface area (Å²) in [4.78, 5) is 6.54. The molecule has 18 heavy (non-hydrogen) atoms. The molecule has 1 aromatic rings. The fraction of sp³-hybridized carbons (Fsp3) is 0.643. The largest absolute Gasteiger partial charge is 0.396 e. The van der Waals surface area contributed by atoms with Crippen LogP contribution in [0.15, 0.2) is 12.1 Å². The molecule has 1 fully saturated rings. The second-order valence-corrected chi connectivity index (χ2v) is 6.44. The number of nitrogens with two attached hydrogens (primary N) is 1. The molecule has 1 aliphatic carbocycles. The van der Waals surface area contributed by atoms with Crippen molar-refractivity contribution < 1.29 is 0 Å². The van der Waals surface area contributed by atoms with Gasteiger partial charge in [0.2, 0.25) is 0 Å². The first kappa shape index (κ1) is 13.5. The summed E-state index contributed by atoms with van der Waals surface area (Å²) in [6.07, 6.45) is 4.89. The van der Waals surface area contributed by atoms with Crippen LogP contribution in [0.3, 0.4) is 0 Å². The maximum Gasteiger partial charge on any atom is 0.153 e. The molecular weight excluding hydrogens is 246 g/mol. The molecule has 0 saturated heterocycles. The SMILES string of the molecule is CN(c1nc(Cl)ccc1N)C1CCC(C)(C)CC1. The summed E-state index contributed by atoms with van der Waals surface area (Å²) in [7, 11) is 2.07. The third kappa shape index (κ3) is 2.89. The summed E-state index contributed by atoms with van der Waals surface area (Å²) in [5.41, 5.74) is 7.17. The molecule has 0 atom stereocenters. The quantitative estimate of drug-likeness (QED) is 0.831. The van der Waals surface area contributed by atoms with E-state index in [0.29, 0.717) is 22.3 Å². The molecule has 0 unspecified atom stereocenters. The Labute approximate surface area is 114 Å². The van der Waals surface area contributed by atoms with E-state index in [9.17, 15) is 0 Å². The van der Waals surface area contributed by atoms with Crippen molar-refractivity contribution in [2.24, 2.45) is 5.41 Å². The highest BCUT2D eigenvalue weighted by Crippen LogP contribution is 2.38. The third-order valence-corrected chi connectivity index (χ3v) is 4.27. The molecule has 1 saturated carbocycles. The zero-order chi connectivity index (χ0) is 13.3. The molecular formula is C14H22ClN3. The fourth-order valence-electron chi connectivity index (χ4n) is 2.66. The summed E-state index contributed by atoms with van der Waals surface area (Å²) in [6, 6.07) is 4.08. The van der Waals surface area contributed by atoms with Gasteiger partial charge in [0.1, 0.15) is 5.15 Å². The number of rotatable bonds is 2. The number of aromatic nitrogens is 1. The van der Waals surface area contributed by atoms with Gasteiger partial charge >= 0.3 is 0 Å². The predicted molar refractivity (Wildman–Crippen MR) is 78.1 cm³/mol. The summed E-state index contributed by atoms with van der Waals surface area (Å²) < 4.78 is 0. The van der Waals surface area contributed by atoms with Crippen LogP contribution in [-0.2, 0) is 0 Å². The first-order chi connectivity index (χ1) is 8.39. The van der Waals surface area contributed by atoms with Crippen molar-refractivity contribution in [3.63, 3.8) is 0 Å². The number of hydrogen-bond donors (Lipinski definition) is 1. The number of hydrogen-bond acceptors (Lipinski definition) is 3. The molecule has 0 bridgehead atoms. The number of nitrogens with zero attached hydrogens (tertiary/aromatic N) is 2. The van der Waals surface area contributed by atoms with Gasteiger partial charge in [-0.15, -0.1) is 0 Å². The minimum absolute atomic E-state index is 0.477.